The van der Waals surface area contributed by atoms with Crippen LogP contribution in [0, 0.1) is 6.92 Å². The molecule has 3 rings (SSSR count). The lowest BCUT2D eigenvalue weighted by Gasteiger charge is -2.09. The van der Waals surface area contributed by atoms with E-state index in [9.17, 15) is 18.0 Å². The van der Waals surface area contributed by atoms with Crippen molar-refractivity contribution in [3.63, 3.8) is 0 Å². The molecule has 2 N–H and O–H groups in total. The maximum Gasteiger partial charge on any atom is 0.291 e. The summed E-state index contributed by atoms with van der Waals surface area (Å²) in [4.78, 5) is 27.8. The van der Waals surface area contributed by atoms with E-state index in [2.05, 4.69) is 15.4 Å². The van der Waals surface area contributed by atoms with Crippen LogP contribution in [0.3, 0.4) is 0 Å². The van der Waals surface area contributed by atoms with E-state index < -0.39 is 21.5 Å². The van der Waals surface area contributed by atoms with Gasteiger partial charge in [-0.3, -0.25) is 15.0 Å². The number of nitrogens with zero attached hydrogens (tertiary/aromatic N) is 2. The van der Waals surface area contributed by atoms with Crippen LogP contribution in [-0.2, 0) is 16.4 Å². The zero-order valence-electron chi connectivity index (χ0n) is 15.8. The van der Waals surface area contributed by atoms with Crippen LogP contribution < -0.4 is 15.8 Å². The summed E-state index contributed by atoms with van der Waals surface area (Å²) in [7, 11) is -4.03. The van der Waals surface area contributed by atoms with Crippen molar-refractivity contribution in [2.24, 2.45) is 0 Å². The number of aryl methyl sites for hydroxylation is 2. The normalized spacial score (nSPS) is 11.5. The number of benzene rings is 1. The molecule has 0 spiro atoms. The Morgan fingerprint density at radius 1 is 1.23 bits per heavy atom. The molecule has 0 unspecified atom stereocenters. The molecule has 0 saturated carbocycles. The summed E-state index contributed by atoms with van der Waals surface area (Å²) in [6.45, 7) is 3.88. The zero-order chi connectivity index (χ0) is 22.1. The van der Waals surface area contributed by atoms with Crippen LogP contribution in [0.1, 0.15) is 27.0 Å². The molecular weight excluding hydrogens is 471 g/mol. The molecule has 30 heavy (non-hydrogen) atoms. The van der Waals surface area contributed by atoms with E-state index >= 15 is 0 Å². The van der Waals surface area contributed by atoms with Crippen LogP contribution in [0.4, 0.5) is 0 Å². The molecule has 0 aliphatic carbocycles. The van der Waals surface area contributed by atoms with Gasteiger partial charge in [0.15, 0.2) is 0 Å². The molecule has 2 aromatic heterocycles. The Bertz CT molecular complexity index is 1270. The smallest absolute Gasteiger partial charge is 0.273 e. The van der Waals surface area contributed by atoms with Gasteiger partial charge in [-0.1, -0.05) is 30.1 Å². The predicted molar refractivity (Wildman–Crippen MR) is 116 cm³/mol. The summed E-state index contributed by atoms with van der Waals surface area (Å²) in [5, 5.41) is 3.70. The van der Waals surface area contributed by atoms with Crippen molar-refractivity contribution in [2.45, 2.75) is 25.2 Å². The van der Waals surface area contributed by atoms with Crippen LogP contribution in [0.25, 0.3) is 5.69 Å². The van der Waals surface area contributed by atoms with Crippen molar-refractivity contribution in [3.8, 4) is 5.69 Å². The first-order chi connectivity index (χ1) is 14.1. The third-order valence-corrected chi connectivity index (χ3v) is 7.52. The molecule has 12 heteroatoms. The summed E-state index contributed by atoms with van der Waals surface area (Å²) in [5.41, 5.74) is 2.85. The van der Waals surface area contributed by atoms with Crippen LogP contribution in [0.15, 0.2) is 46.2 Å². The SMILES string of the molecule is CCc1sc(C(=O)NNS(=O)(=O)c2ccc(-n3ncc(Cl)c(Cl)c3=O)cc2)cc1C. The maximum atomic E-state index is 12.5. The monoisotopic (exact) mass is 486 g/mol. The van der Waals surface area contributed by atoms with Crippen molar-refractivity contribution in [1.29, 1.82) is 0 Å². The molecule has 0 fully saturated rings. The second kappa shape index (κ2) is 8.86. The molecule has 0 aliphatic rings. The first-order valence-corrected chi connectivity index (χ1v) is 11.6. The Kier molecular flexibility index (Phi) is 6.63. The topological polar surface area (TPSA) is 110 Å². The number of carbonyl (C=O) groups is 1. The molecule has 0 aliphatic heterocycles. The largest absolute Gasteiger partial charge is 0.291 e. The number of nitrogens with one attached hydrogen (secondary N) is 2. The van der Waals surface area contributed by atoms with Gasteiger partial charge in [-0.05, 0) is 49.2 Å². The van der Waals surface area contributed by atoms with Gasteiger partial charge in [0, 0.05) is 4.88 Å². The molecule has 158 valence electrons. The highest BCUT2D eigenvalue weighted by molar-refractivity contribution is 7.89. The second-order valence-corrected chi connectivity index (χ2v) is 9.75. The number of sulfonamides is 1. The minimum absolute atomic E-state index is 0.0176. The number of hydrazine groups is 1. The van der Waals surface area contributed by atoms with Crippen LogP contribution in [0.5, 0.6) is 0 Å². The lowest BCUT2D eigenvalue weighted by Crippen LogP contribution is -2.41. The molecular formula is C18H16Cl2N4O4S2. The molecule has 1 aromatic carbocycles. The quantitative estimate of drug-likeness (QED) is 0.520. The van der Waals surface area contributed by atoms with Crippen molar-refractivity contribution in [3.05, 3.63) is 72.2 Å². The van der Waals surface area contributed by atoms with Crippen LogP contribution in [0.2, 0.25) is 10.0 Å². The minimum atomic E-state index is -4.03. The molecule has 0 radical (unpaired) electrons. The van der Waals surface area contributed by atoms with Gasteiger partial charge in [0.05, 0.1) is 26.7 Å². The van der Waals surface area contributed by atoms with E-state index in [1.807, 2.05) is 13.8 Å². The Hall–Kier alpha value is -2.24. The number of rotatable bonds is 6. The fourth-order valence-corrected chi connectivity index (χ4v) is 4.68. The zero-order valence-corrected chi connectivity index (χ0v) is 18.9. The lowest BCUT2D eigenvalue weighted by atomic mass is 10.2. The molecule has 8 nitrogen and oxygen atoms in total. The number of thiophene rings is 1. The van der Waals surface area contributed by atoms with Gasteiger partial charge >= 0.3 is 0 Å². The molecule has 0 bridgehead atoms. The Balaban J connectivity index is 1.76. The van der Waals surface area contributed by atoms with Gasteiger partial charge < -0.3 is 0 Å². The number of halogens is 2. The van der Waals surface area contributed by atoms with E-state index in [1.54, 1.807) is 6.07 Å². The van der Waals surface area contributed by atoms with E-state index in [-0.39, 0.29) is 14.9 Å². The van der Waals surface area contributed by atoms with E-state index in [4.69, 9.17) is 23.2 Å². The highest BCUT2D eigenvalue weighted by Gasteiger charge is 2.18. The highest BCUT2D eigenvalue weighted by atomic mass is 35.5. The third kappa shape index (κ3) is 4.57. The van der Waals surface area contributed by atoms with Crippen LogP contribution in [-0.4, -0.2) is 24.1 Å². The summed E-state index contributed by atoms with van der Waals surface area (Å²) < 4.78 is 25.9. The fourth-order valence-electron chi connectivity index (χ4n) is 2.58. The summed E-state index contributed by atoms with van der Waals surface area (Å²) >= 11 is 12.9. The lowest BCUT2D eigenvalue weighted by molar-refractivity contribution is 0.0949. The summed E-state index contributed by atoms with van der Waals surface area (Å²) in [5.74, 6) is -0.547. The second-order valence-electron chi connectivity index (χ2n) is 6.15. The standard InChI is InChI=1S/C18H16Cl2N4O4S2/c1-3-14-10(2)8-15(29-14)17(25)22-23-30(27,28)12-6-4-11(5-7-12)24-18(26)16(20)13(19)9-21-24/h4-9,23H,3H2,1-2H3,(H,22,25). The van der Waals surface area contributed by atoms with E-state index in [0.29, 0.717) is 10.6 Å². The van der Waals surface area contributed by atoms with Gasteiger partial charge in [-0.2, -0.15) is 9.78 Å². The van der Waals surface area contributed by atoms with Gasteiger partial charge in [0.1, 0.15) is 5.02 Å². The Labute approximate surface area is 186 Å². The Morgan fingerprint density at radius 2 is 1.90 bits per heavy atom. The van der Waals surface area contributed by atoms with Crippen molar-refractivity contribution < 1.29 is 13.2 Å². The Morgan fingerprint density at radius 3 is 2.50 bits per heavy atom. The number of carbonyl (C=O) groups excluding carboxylic acids is 1. The van der Waals surface area contributed by atoms with Gasteiger partial charge in [0.2, 0.25) is 0 Å². The maximum absolute atomic E-state index is 12.5. The van der Waals surface area contributed by atoms with Gasteiger partial charge in [0.25, 0.3) is 21.5 Å². The number of aromatic nitrogens is 2. The molecule has 2 heterocycles. The highest BCUT2D eigenvalue weighted by Crippen LogP contribution is 2.22. The van der Waals surface area contributed by atoms with E-state index in [0.717, 1.165) is 21.5 Å². The molecule has 0 atom stereocenters. The average molecular weight is 487 g/mol. The fraction of sp³-hybridized carbons (Fsp3) is 0.167. The molecule has 1 amide bonds. The minimum Gasteiger partial charge on any atom is -0.273 e. The van der Waals surface area contributed by atoms with Crippen molar-refractivity contribution in [1.82, 2.24) is 20.0 Å². The van der Waals surface area contributed by atoms with Gasteiger partial charge in [-0.15, -0.1) is 16.2 Å². The van der Waals surface area contributed by atoms with E-state index in [1.165, 1.54) is 41.8 Å². The van der Waals surface area contributed by atoms with Crippen molar-refractivity contribution in [2.75, 3.05) is 0 Å². The van der Waals surface area contributed by atoms with Crippen molar-refractivity contribution >= 4 is 50.5 Å². The number of hydrogen-bond acceptors (Lipinski definition) is 6. The molecule has 0 saturated heterocycles. The predicted octanol–water partition coefficient (Wildman–Crippen LogP) is 3.09. The first-order valence-electron chi connectivity index (χ1n) is 8.59. The van der Waals surface area contributed by atoms with Crippen LogP contribution >= 0.6 is 34.5 Å². The summed E-state index contributed by atoms with van der Waals surface area (Å²) in [6.07, 6.45) is 2.00. The molecule has 3 aromatic rings. The summed E-state index contributed by atoms with van der Waals surface area (Å²) in [6, 6.07) is 7.01. The van der Waals surface area contributed by atoms with Gasteiger partial charge in [-0.25, -0.2) is 8.42 Å². The first kappa shape index (κ1) is 22.4. The third-order valence-electron chi connectivity index (χ3n) is 4.13. The number of hydrogen-bond donors (Lipinski definition) is 2. The average Bonchev–Trinajstić information content (AvgIpc) is 3.11. The number of amides is 1.